The largest absolute Gasteiger partial charge is 0.277 e. The second-order valence-corrected chi connectivity index (χ2v) is 2.97. The SMILES string of the molecule is O=C[N]CC1CCCCC1. The van der Waals surface area contributed by atoms with Crippen LogP contribution < -0.4 is 5.32 Å². The highest BCUT2D eigenvalue weighted by atomic mass is 16.1. The molecule has 1 aliphatic carbocycles. The molecule has 0 unspecified atom stereocenters. The van der Waals surface area contributed by atoms with Crippen molar-refractivity contribution in [1.29, 1.82) is 0 Å². The summed E-state index contributed by atoms with van der Waals surface area (Å²) >= 11 is 0. The quantitative estimate of drug-likeness (QED) is 0.544. The average molecular weight is 140 g/mol. The molecule has 0 aliphatic heterocycles. The summed E-state index contributed by atoms with van der Waals surface area (Å²) in [5.74, 6) is 0.707. The minimum absolute atomic E-state index is 0.675. The summed E-state index contributed by atoms with van der Waals surface area (Å²) in [4.78, 5) is 9.88. The first-order valence-electron chi connectivity index (χ1n) is 4.03. The number of amides is 1. The van der Waals surface area contributed by atoms with Crippen LogP contribution in [0.25, 0.3) is 0 Å². The van der Waals surface area contributed by atoms with Gasteiger partial charge in [0.1, 0.15) is 0 Å². The van der Waals surface area contributed by atoms with Gasteiger partial charge in [-0.2, -0.15) is 0 Å². The molecule has 0 heterocycles. The first-order valence-corrected chi connectivity index (χ1v) is 4.03. The molecule has 2 heteroatoms. The first kappa shape index (κ1) is 7.58. The van der Waals surface area contributed by atoms with Crippen LogP contribution in [0.15, 0.2) is 0 Å². The van der Waals surface area contributed by atoms with Gasteiger partial charge in [0.15, 0.2) is 0 Å². The molecule has 1 fully saturated rings. The lowest BCUT2D eigenvalue weighted by molar-refractivity contribution is -0.110. The minimum Gasteiger partial charge on any atom is -0.277 e. The average Bonchev–Trinajstić information content (AvgIpc) is 2.03. The molecule has 0 N–H and O–H groups in total. The molecule has 1 amide bonds. The van der Waals surface area contributed by atoms with Crippen molar-refractivity contribution in [3.05, 3.63) is 0 Å². The predicted molar refractivity (Wildman–Crippen MR) is 39.6 cm³/mol. The monoisotopic (exact) mass is 140 g/mol. The lowest BCUT2D eigenvalue weighted by atomic mass is 9.89. The fourth-order valence-electron chi connectivity index (χ4n) is 1.56. The van der Waals surface area contributed by atoms with E-state index in [0.717, 1.165) is 6.54 Å². The van der Waals surface area contributed by atoms with Gasteiger partial charge >= 0.3 is 0 Å². The van der Waals surface area contributed by atoms with E-state index in [1.165, 1.54) is 32.1 Å². The highest BCUT2D eigenvalue weighted by Gasteiger charge is 2.12. The summed E-state index contributed by atoms with van der Waals surface area (Å²) in [6.45, 7) is 0.767. The molecule has 1 aliphatic rings. The molecule has 57 valence electrons. The molecule has 0 aromatic rings. The summed E-state index contributed by atoms with van der Waals surface area (Å²) in [7, 11) is 0. The standard InChI is InChI=1S/C8H14NO/c10-7-9-6-8-4-2-1-3-5-8/h7-8H,1-6H2. The highest BCUT2D eigenvalue weighted by molar-refractivity contribution is 5.45. The molecular formula is C8H14NO. The Morgan fingerprint density at radius 3 is 2.60 bits per heavy atom. The Morgan fingerprint density at radius 2 is 2.00 bits per heavy atom. The van der Waals surface area contributed by atoms with Crippen molar-refractivity contribution >= 4 is 6.41 Å². The van der Waals surface area contributed by atoms with Gasteiger partial charge < -0.3 is 0 Å². The van der Waals surface area contributed by atoms with Crippen molar-refractivity contribution in [3.8, 4) is 0 Å². The zero-order chi connectivity index (χ0) is 7.23. The molecular weight excluding hydrogens is 126 g/mol. The van der Waals surface area contributed by atoms with Gasteiger partial charge in [-0.3, -0.25) is 10.1 Å². The zero-order valence-corrected chi connectivity index (χ0v) is 6.25. The van der Waals surface area contributed by atoms with Crippen LogP contribution in [-0.2, 0) is 4.79 Å². The van der Waals surface area contributed by atoms with Gasteiger partial charge in [0.25, 0.3) is 0 Å². The van der Waals surface area contributed by atoms with E-state index in [2.05, 4.69) is 5.32 Å². The predicted octanol–water partition coefficient (Wildman–Crippen LogP) is 1.33. The minimum atomic E-state index is 0.675. The summed E-state index contributed by atoms with van der Waals surface area (Å²) < 4.78 is 0. The van der Waals surface area contributed by atoms with E-state index in [9.17, 15) is 4.79 Å². The topological polar surface area (TPSA) is 31.2 Å². The summed E-state index contributed by atoms with van der Waals surface area (Å²) in [5, 5.41) is 3.71. The van der Waals surface area contributed by atoms with Crippen molar-refractivity contribution in [2.75, 3.05) is 6.54 Å². The van der Waals surface area contributed by atoms with E-state index in [-0.39, 0.29) is 0 Å². The Bertz CT molecular complexity index is 97.4. The van der Waals surface area contributed by atoms with Crippen LogP contribution in [0.2, 0.25) is 0 Å². The normalized spacial score (nSPS) is 20.4. The number of carbonyl (C=O) groups is 1. The molecule has 1 rings (SSSR count). The highest BCUT2D eigenvalue weighted by Crippen LogP contribution is 2.22. The van der Waals surface area contributed by atoms with E-state index < -0.39 is 0 Å². The van der Waals surface area contributed by atoms with Crippen LogP contribution in [0, 0.1) is 5.92 Å². The third kappa shape index (κ3) is 2.38. The summed E-state index contributed by atoms with van der Waals surface area (Å²) in [5.41, 5.74) is 0. The second kappa shape index (κ2) is 4.31. The Kier molecular flexibility index (Phi) is 3.27. The van der Waals surface area contributed by atoms with Gasteiger partial charge in [0.2, 0.25) is 6.41 Å². The third-order valence-corrected chi connectivity index (χ3v) is 2.16. The van der Waals surface area contributed by atoms with Crippen LogP contribution in [0.4, 0.5) is 0 Å². The summed E-state index contributed by atoms with van der Waals surface area (Å²) in [6.07, 6.45) is 7.26. The molecule has 0 aromatic carbocycles. The molecule has 1 radical (unpaired) electrons. The van der Waals surface area contributed by atoms with Crippen molar-refractivity contribution in [1.82, 2.24) is 5.32 Å². The van der Waals surface area contributed by atoms with Gasteiger partial charge in [0.05, 0.1) is 0 Å². The molecule has 2 nitrogen and oxygen atoms in total. The van der Waals surface area contributed by atoms with Crippen LogP contribution in [0.3, 0.4) is 0 Å². The van der Waals surface area contributed by atoms with Gasteiger partial charge in [-0.25, -0.2) is 0 Å². The molecule has 0 saturated heterocycles. The Balaban J connectivity index is 2.07. The maximum Gasteiger partial charge on any atom is 0.228 e. The fraction of sp³-hybridized carbons (Fsp3) is 0.875. The fourth-order valence-corrected chi connectivity index (χ4v) is 1.56. The van der Waals surface area contributed by atoms with E-state index in [4.69, 9.17) is 0 Å². The van der Waals surface area contributed by atoms with Crippen molar-refractivity contribution < 1.29 is 4.79 Å². The lowest BCUT2D eigenvalue weighted by Crippen LogP contribution is -2.17. The second-order valence-electron chi connectivity index (χ2n) is 2.97. The van der Waals surface area contributed by atoms with Gasteiger partial charge in [-0.1, -0.05) is 19.3 Å². The lowest BCUT2D eigenvalue weighted by Gasteiger charge is -2.19. The van der Waals surface area contributed by atoms with Gasteiger partial charge in [-0.05, 0) is 18.8 Å². The molecule has 1 saturated carbocycles. The van der Waals surface area contributed by atoms with E-state index in [1.54, 1.807) is 0 Å². The van der Waals surface area contributed by atoms with Crippen LogP contribution in [-0.4, -0.2) is 13.0 Å². The third-order valence-electron chi connectivity index (χ3n) is 2.16. The molecule has 0 atom stereocenters. The Morgan fingerprint density at radius 1 is 1.30 bits per heavy atom. The van der Waals surface area contributed by atoms with E-state index >= 15 is 0 Å². The van der Waals surface area contributed by atoms with Crippen molar-refractivity contribution in [2.45, 2.75) is 32.1 Å². The smallest absolute Gasteiger partial charge is 0.228 e. The number of nitrogens with zero attached hydrogens (tertiary/aromatic N) is 1. The number of hydrogen-bond acceptors (Lipinski definition) is 1. The first-order chi connectivity index (χ1) is 4.93. The number of hydrogen-bond donors (Lipinski definition) is 0. The van der Waals surface area contributed by atoms with Gasteiger partial charge in [0, 0.05) is 6.54 Å². The molecule has 0 bridgehead atoms. The Hall–Kier alpha value is -0.530. The van der Waals surface area contributed by atoms with Crippen LogP contribution in [0.1, 0.15) is 32.1 Å². The van der Waals surface area contributed by atoms with E-state index in [1.807, 2.05) is 0 Å². The van der Waals surface area contributed by atoms with Crippen LogP contribution in [0.5, 0.6) is 0 Å². The maximum atomic E-state index is 9.88. The zero-order valence-electron chi connectivity index (χ0n) is 6.25. The molecule has 0 spiro atoms. The summed E-state index contributed by atoms with van der Waals surface area (Å²) in [6, 6.07) is 0. The number of rotatable bonds is 3. The van der Waals surface area contributed by atoms with Crippen molar-refractivity contribution in [2.24, 2.45) is 5.92 Å². The Labute approximate surface area is 62.0 Å². The van der Waals surface area contributed by atoms with Crippen molar-refractivity contribution in [3.63, 3.8) is 0 Å². The van der Waals surface area contributed by atoms with E-state index in [0.29, 0.717) is 12.3 Å². The van der Waals surface area contributed by atoms with Gasteiger partial charge in [-0.15, -0.1) is 0 Å². The number of carbonyl (C=O) groups excluding carboxylic acids is 1. The maximum absolute atomic E-state index is 9.88. The molecule has 0 aromatic heterocycles. The van der Waals surface area contributed by atoms with Crippen LogP contribution >= 0.6 is 0 Å². The molecule has 10 heavy (non-hydrogen) atoms.